The Morgan fingerprint density at radius 1 is 1.21 bits per heavy atom. The summed E-state index contributed by atoms with van der Waals surface area (Å²) in [5.41, 5.74) is 1.45. The highest BCUT2D eigenvalue weighted by atomic mass is 16.5. The zero-order valence-corrected chi connectivity index (χ0v) is 10.8. The van der Waals surface area contributed by atoms with Gasteiger partial charge in [0.15, 0.2) is 0 Å². The highest BCUT2D eigenvalue weighted by Gasteiger charge is 2.05. The van der Waals surface area contributed by atoms with Crippen molar-refractivity contribution in [2.24, 2.45) is 0 Å². The number of rotatable bonds is 5. The Morgan fingerprint density at radius 3 is 2.63 bits per heavy atom. The summed E-state index contributed by atoms with van der Waals surface area (Å²) in [4.78, 5) is 15.8. The average Bonchev–Trinajstić information content (AvgIpc) is 2.47. The van der Waals surface area contributed by atoms with E-state index >= 15 is 0 Å². The monoisotopic (exact) mass is 256 g/mol. The number of amides is 1. The standard InChI is InChI=1S/C15H16N2O2/c1-2-19-13-8-6-12(7-9-13)11-17-15(18)14-5-3-4-10-16-14/h3-10H,2,11H2,1H3,(H,17,18). The topological polar surface area (TPSA) is 51.2 Å². The van der Waals surface area contributed by atoms with Crippen molar-refractivity contribution in [1.29, 1.82) is 0 Å². The average molecular weight is 256 g/mol. The van der Waals surface area contributed by atoms with Gasteiger partial charge in [0, 0.05) is 12.7 Å². The predicted octanol–water partition coefficient (Wildman–Crippen LogP) is 2.41. The number of ether oxygens (including phenoxy) is 1. The maximum Gasteiger partial charge on any atom is 0.270 e. The molecule has 0 aliphatic heterocycles. The third kappa shape index (κ3) is 3.81. The zero-order chi connectivity index (χ0) is 13.5. The predicted molar refractivity (Wildman–Crippen MR) is 73.0 cm³/mol. The molecule has 0 unspecified atom stereocenters. The molecule has 0 bridgehead atoms. The summed E-state index contributed by atoms with van der Waals surface area (Å²) >= 11 is 0. The Bertz CT molecular complexity index is 524. The maximum absolute atomic E-state index is 11.8. The molecule has 0 aliphatic rings. The van der Waals surface area contributed by atoms with Gasteiger partial charge in [-0.25, -0.2) is 0 Å². The third-order valence-electron chi connectivity index (χ3n) is 2.58. The number of hydrogen-bond donors (Lipinski definition) is 1. The van der Waals surface area contributed by atoms with E-state index in [1.165, 1.54) is 0 Å². The fraction of sp³-hybridized carbons (Fsp3) is 0.200. The van der Waals surface area contributed by atoms with Crippen LogP contribution in [0.2, 0.25) is 0 Å². The number of carbonyl (C=O) groups is 1. The second-order valence-corrected chi connectivity index (χ2v) is 3.97. The number of nitrogens with one attached hydrogen (secondary N) is 1. The van der Waals surface area contributed by atoms with Crippen LogP contribution in [0.1, 0.15) is 23.0 Å². The van der Waals surface area contributed by atoms with Crippen LogP contribution in [0.3, 0.4) is 0 Å². The van der Waals surface area contributed by atoms with E-state index in [0.717, 1.165) is 11.3 Å². The van der Waals surface area contributed by atoms with Gasteiger partial charge in [-0.05, 0) is 36.8 Å². The van der Waals surface area contributed by atoms with E-state index in [4.69, 9.17) is 4.74 Å². The summed E-state index contributed by atoms with van der Waals surface area (Å²) < 4.78 is 5.36. The molecule has 0 radical (unpaired) electrons. The molecule has 1 heterocycles. The third-order valence-corrected chi connectivity index (χ3v) is 2.58. The van der Waals surface area contributed by atoms with Gasteiger partial charge in [0.1, 0.15) is 11.4 Å². The first-order chi connectivity index (χ1) is 9.29. The molecule has 98 valence electrons. The summed E-state index contributed by atoms with van der Waals surface area (Å²) in [6.07, 6.45) is 1.60. The molecular weight excluding hydrogens is 240 g/mol. The Balaban J connectivity index is 1.90. The summed E-state index contributed by atoms with van der Waals surface area (Å²) in [7, 11) is 0. The molecule has 1 amide bonds. The summed E-state index contributed by atoms with van der Waals surface area (Å²) in [6.45, 7) is 3.07. The van der Waals surface area contributed by atoms with Crippen LogP contribution in [0, 0.1) is 0 Å². The SMILES string of the molecule is CCOc1ccc(CNC(=O)c2ccccn2)cc1. The first-order valence-corrected chi connectivity index (χ1v) is 6.20. The van der Waals surface area contributed by atoms with E-state index in [2.05, 4.69) is 10.3 Å². The van der Waals surface area contributed by atoms with Crippen molar-refractivity contribution in [3.8, 4) is 5.75 Å². The number of nitrogens with zero attached hydrogens (tertiary/aromatic N) is 1. The molecule has 0 atom stereocenters. The van der Waals surface area contributed by atoms with E-state index in [9.17, 15) is 4.79 Å². The lowest BCUT2D eigenvalue weighted by Gasteiger charge is -2.06. The van der Waals surface area contributed by atoms with Crippen molar-refractivity contribution in [3.05, 3.63) is 59.9 Å². The highest BCUT2D eigenvalue weighted by Crippen LogP contribution is 2.11. The van der Waals surface area contributed by atoms with Gasteiger partial charge >= 0.3 is 0 Å². The molecule has 1 aromatic heterocycles. The summed E-state index contributed by atoms with van der Waals surface area (Å²) in [5.74, 6) is 0.664. The van der Waals surface area contributed by atoms with Crippen LogP contribution >= 0.6 is 0 Å². The first kappa shape index (κ1) is 13.1. The van der Waals surface area contributed by atoms with Gasteiger partial charge in [-0.2, -0.15) is 0 Å². The molecule has 2 aromatic rings. The Morgan fingerprint density at radius 2 is 2.00 bits per heavy atom. The Hall–Kier alpha value is -2.36. The number of aromatic nitrogens is 1. The van der Waals surface area contributed by atoms with E-state index in [-0.39, 0.29) is 5.91 Å². The van der Waals surface area contributed by atoms with E-state index in [1.807, 2.05) is 31.2 Å². The minimum atomic E-state index is -0.172. The van der Waals surface area contributed by atoms with Crippen molar-refractivity contribution < 1.29 is 9.53 Å². The lowest BCUT2D eigenvalue weighted by atomic mass is 10.2. The summed E-state index contributed by atoms with van der Waals surface area (Å²) in [5, 5.41) is 2.82. The molecule has 1 aromatic carbocycles. The lowest BCUT2D eigenvalue weighted by molar-refractivity contribution is 0.0946. The minimum Gasteiger partial charge on any atom is -0.494 e. The van der Waals surface area contributed by atoms with Crippen LogP contribution in [0.15, 0.2) is 48.7 Å². The van der Waals surface area contributed by atoms with Crippen molar-refractivity contribution in [3.63, 3.8) is 0 Å². The molecule has 2 rings (SSSR count). The van der Waals surface area contributed by atoms with Crippen molar-refractivity contribution in [1.82, 2.24) is 10.3 Å². The molecule has 0 saturated heterocycles. The summed E-state index contributed by atoms with van der Waals surface area (Å²) in [6, 6.07) is 12.9. The Labute approximate surface area is 112 Å². The van der Waals surface area contributed by atoms with Crippen LogP contribution in [0.4, 0.5) is 0 Å². The normalized spacial score (nSPS) is 9.95. The van der Waals surface area contributed by atoms with E-state index < -0.39 is 0 Å². The molecule has 0 fully saturated rings. The number of carbonyl (C=O) groups excluding carboxylic acids is 1. The smallest absolute Gasteiger partial charge is 0.270 e. The molecule has 4 heteroatoms. The fourth-order valence-corrected chi connectivity index (χ4v) is 1.64. The highest BCUT2D eigenvalue weighted by molar-refractivity contribution is 5.92. The van der Waals surface area contributed by atoms with Gasteiger partial charge in [0.05, 0.1) is 6.61 Å². The van der Waals surface area contributed by atoms with Gasteiger partial charge < -0.3 is 10.1 Å². The van der Waals surface area contributed by atoms with Crippen LogP contribution in [-0.4, -0.2) is 17.5 Å². The molecule has 4 nitrogen and oxygen atoms in total. The maximum atomic E-state index is 11.8. The largest absolute Gasteiger partial charge is 0.494 e. The molecule has 19 heavy (non-hydrogen) atoms. The van der Waals surface area contributed by atoms with Gasteiger partial charge in [0.2, 0.25) is 0 Å². The second kappa shape index (κ2) is 6.54. The quantitative estimate of drug-likeness (QED) is 0.893. The van der Waals surface area contributed by atoms with Gasteiger partial charge in [0.25, 0.3) is 5.91 Å². The molecule has 1 N–H and O–H groups in total. The molecule has 0 saturated carbocycles. The van der Waals surface area contributed by atoms with Gasteiger partial charge in [-0.3, -0.25) is 9.78 Å². The molecule has 0 spiro atoms. The van der Waals surface area contributed by atoms with E-state index in [1.54, 1.807) is 24.4 Å². The van der Waals surface area contributed by atoms with E-state index in [0.29, 0.717) is 18.8 Å². The number of benzene rings is 1. The van der Waals surface area contributed by atoms with Crippen LogP contribution < -0.4 is 10.1 Å². The van der Waals surface area contributed by atoms with Crippen molar-refractivity contribution >= 4 is 5.91 Å². The fourth-order valence-electron chi connectivity index (χ4n) is 1.64. The number of pyridine rings is 1. The first-order valence-electron chi connectivity index (χ1n) is 6.20. The second-order valence-electron chi connectivity index (χ2n) is 3.97. The zero-order valence-electron chi connectivity index (χ0n) is 10.8. The molecular formula is C15H16N2O2. The van der Waals surface area contributed by atoms with Crippen LogP contribution in [0.25, 0.3) is 0 Å². The van der Waals surface area contributed by atoms with Crippen molar-refractivity contribution in [2.45, 2.75) is 13.5 Å². The van der Waals surface area contributed by atoms with Crippen LogP contribution in [-0.2, 0) is 6.54 Å². The van der Waals surface area contributed by atoms with Gasteiger partial charge in [-0.1, -0.05) is 18.2 Å². The van der Waals surface area contributed by atoms with Crippen molar-refractivity contribution in [2.75, 3.05) is 6.61 Å². The minimum absolute atomic E-state index is 0.172. The number of hydrogen-bond acceptors (Lipinski definition) is 3. The lowest BCUT2D eigenvalue weighted by Crippen LogP contribution is -2.23. The van der Waals surface area contributed by atoms with Crippen LogP contribution in [0.5, 0.6) is 5.75 Å². The molecule has 0 aliphatic carbocycles. The van der Waals surface area contributed by atoms with Gasteiger partial charge in [-0.15, -0.1) is 0 Å². The Kier molecular flexibility index (Phi) is 4.50.